The van der Waals surface area contributed by atoms with Gasteiger partial charge in [0, 0.05) is 44.0 Å². The number of sulfonamides is 1. The Morgan fingerprint density at radius 2 is 1.68 bits per heavy atom. The van der Waals surface area contributed by atoms with Crippen LogP contribution in [0, 0.1) is 13.8 Å². The number of aryl methyl sites for hydroxylation is 2. The van der Waals surface area contributed by atoms with Crippen molar-refractivity contribution in [2.24, 2.45) is 0 Å². The molecule has 0 aromatic heterocycles. The van der Waals surface area contributed by atoms with E-state index in [1.54, 1.807) is 43.3 Å². The van der Waals surface area contributed by atoms with Gasteiger partial charge in [-0.25, -0.2) is 8.42 Å². The van der Waals surface area contributed by atoms with E-state index >= 15 is 0 Å². The predicted octanol–water partition coefficient (Wildman–Crippen LogP) is 4.45. The van der Waals surface area contributed by atoms with E-state index in [2.05, 4.69) is 21.8 Å². The first-order valence-corrected chi connectivity index (χ1v) is 13.1. The molecule has 0 atom stereocenters. The Balaban J connectivity index is 1.44. The minimum Gasteiger partial charge on any atom is -0.337 e. The van der Waals surface area contributed by atoms with Gasteiger partial charge in [0.1, 0.15) is 0 Å². The van der Waals surface area contributed by atoms with E-state index in [0.29, 0.717) is 29.9 Å². The van der Waals surface area contributed by atoms with Crippen LogP contribution in [0.2, 0.25) is 0 Å². The molecular weight excluding hydrogens is 446 g/mol. The third-order valence-electron chi connectivity index (χ3n) is 6.12. The summed E-state index contributed by atoms with van der Waals surface area (Å²) in [5, 5.41) is 0. The summed E-state index contributed by atoms with van der Waals surface area (Å²) in [6.07, 6.45) is 0.900. The molecule has 178 valence electrons. The van der Waals surface area contributed by atoms with Crippen molar-refractivity contribution in [2.75, 3.05) is 30.9 Å². The Hall–Kier alpha value is -3.16. The number of hydrogen-bond acceptors (Lipinski definition) is 4. The molecule has 0 saturated carbocycles. The zero-order valence-corrected chi connectivity index (χ0v) is 20.5. The maximum absolute atomic E-state index is 13.2. The number of nitrogens with zero attached hydrogens (tertiary/aromatic N) is 2. The molecule has 1 saturated heterocycles. The fourth-order valence-corrected chi connectivity index (χ4v) is 5.66. The van der Waals surface area contributed by atoms with E-state index in [-0.39, 0.29) is 10.8 Å². The number of amides is 1. The summed E-state index contributed by atoms with van der Waals surface area (Å²) in [6, 6.07) is 22.4. The Morgan fingerprint density at radius 3 is 2.47 bits per heavy atom. The van der Waals surface area contributed by atoms with Crippen LogP contribution < -0.4 is 4.72 Å². The normalized spacial score (nSPS) is 15.1. The summed E-state index contributed by atoms with van der Waals surface area (Å²) in [4.78, 5) is 17.7. The van der Waals surface area contributed by atoms with E-state index in [4.69, 9.17) is 0 Å². The Labute approximate surface area is 202 Å². The fraction of sp³-hybridized carbons (Fsp3) is 0.296. The minimum absolute atomic E-state index is 0.0747. The third-order valence-corrected chi connectivity index (χ3v) is 7.64. The van der Waals surface area contributed by atoms with Crippen LogP contribution in [0.15, 0.2) is 77.7 Å². The monoisotopic (exact) mass is 477 g/mol. The topological polar surface area (TPSA) is 69.7 Å². The van der Waals surface area contributed by atoms with Gasteiger partial charge in [-0.2, -0.15) is 0 Å². The molecule has 1 amide bonds. The molecule has 0 radical (unpaired) electrons. The first kappa shape index (κ1) is 24.0. The lowest BCUT2D eigenvalue weighted by atomic mass is 10.1. The molecule has 1 fully saturated rings. The first-order chi connectivity index (χ1) is 16.3. The van der Waals surface area contributed by atoms with E-state index in [9.17, 15) is 13.2 Å². The minimum atomic E-state index is -3.76. The standard InChI is InChI=1S/C27H31N3O3S/c1-21-12-13-22(2)26(18-21)34(32,33)28-25-11-6-10-24(19-25)27(31)30-15-7-14-29(16-17-30)20-23-8-4-3-5-9-23/h3-6,8-13,18-19,28H,7,14-17,20H2,1-2H3. The third kappa shape index (κ3) is 5.85. The molecule has 1 aliphatic rings. The van der Waals surface area contributed by atoms with Gasteiger partial charge in [0.15, 0.2) is 0 Å². The van der Waals surface area contributed by atoms with Crippen molar-refractivity contribution in [3.63, 3.8) is 0 Å². The van der Waals surface area contributed by atoms with Gasteiger partial charge in [0.25, 0.3) is 15.9 Å². The lowest BCUT2D eigenvalue weighted by Gasteiger charge is -2.22. The fourth-order valence-electron chi connectivity index (χ4n) is 4.28. The number of rotatable bonds is 6. The lowest BCUT2D eigenvalue weighted by molar-refractivity contribution is 0.0761. The second-order valence-electron chi connectivity index (χ2n) is 8.86. The van der Waals surface area contributed by atoms with E-state index in [1.165, 1.54) is 5.56 Å². The van der Waals surface area contributed by atoms with Crippen molar-refractivity contribution in [3.05, 3.63) is 95.1 Å². The molecule has 1 heterocycles. The maximum atomic E-state index is 13.2. The Morgan fingerprint density at radius 1 is 0.882 bits per heavy atom. The summed E-state index contributed by atoms with van der Waals surface area (Å²) in [5.41, 5.74) is 3.68. The van der Waals surface area contributed by atoms with Crippen molar-refractivity contribution in [1.82, 2.24) is 9.80 Å². The lowest BCUT2D eigenvalue weighted by Crippen LogP contribution is -2.35. The maximum Gasteiger partial charge on any atom is 0.262 e. The number of carbonyl (C=O) groups is 1. The zero-order valence-electron chi connectivity index (χ0n) is 19.7. The molecule has 0 bridgehead atoms. The predicted molar refractivity (Wildman–Crippen MR) is 135 cm³/mol. The van der Waals surface area contributed by atoms with Crippen molar-refractivity contribution in [2.45, 2.75) is 31.7 Å². The number of anilines is 1. The molecule has 1 aliphatic heterocycles. The highest BCUT2D eigenvalue weighted by atomic mass is 32.2. The largest absolute Gasteiger partial charge is 0.337 e. The van der Waals surface area contributed by atoms with Crippen LogP contribution in [0.4, 0.5) is 5.69 Å². The summed E-state index contributed by atoms with van der Waals surface area (Å²) in [5.74, 6) is -0.0747. The molecule has 0 aliphatic carbocycles. The molecule has 34 heavy (non-hydrogen) atoms. The van der Waals surface area contributed by atoms with E-state index in [0.717, 1.165) is 31.6 Å². The number of nitrogens with one attached hydrogen (secondary N) is 1. The van der Waals surface area contributed by atoms with Gasteiger partial charge < -0.3 is 4.90 Å². The Bertz CT molecular complexity index is 1260. The van der Waals surface area contributed by atoms with Gasteiger partial charge >= 0.3 is 0 Å². The molecule has 1 N–H and O–H groups in total. The van der Waals surface area contributed by atoms with Gasteiger partial charge in [0.05, 0.1) is 4.90 Å². The number of benzene rings is 3. The van der Waals surface area contributed by atoms with Gasteiger partial charge in [0.2, 0.25) is 0 Å². The second kappa shape index (κ2) is 10.4. The van der Waals surface area contributed by atoms with Crippen LogP contribution in [0.25, 0.3) is 0 Å². The molecule has 3 aromatic rings. The van der Waals surface area contributed by atoms with Crippen molar-refractivity contribution < 1.29 is 13.2 Å². The van der Waals surface area contributed by atoms with E-state index in [1.807, 2.05) is 36.1 Å². The van der Waals surface area contributed by atoms with Crippen LogP contribution >= 0.6 is 0 Å². The van der Waals surface area contributed by atoms with Gasteiger partial charge in [-0.05, 0) is 61.2 Å². The highest BCUT2D eigenvalue weighted by Gasteiger charge is 2.22. The Kier molecular flexibility index (Phi) is 7.34. The van der Waals surface area contributed by atoms with Gasteiger partial charge in [-0.3, -0.25) is 14.4 Å². The van der Waals surface area contributed by atoms with Gasteiger partial charge in [-0.1, -0.05) is 48.5 Å². The van der Waals surface area contributed by atoms with Crippen LogP contribution in [-0.2, 0) is 16.6 Å². The second-order valence-corrected chi connectivity index (χ2v) is 10.5. The first-order valence-electron chi connectivity index (χ1n) is 11.6. The molecule has 6 nitrogen and oxygen atoms in total. The van der Waals surface area contributed by atoms with E-state index < -0.39 is 10.0 Å². The van der Waals surface area contributed by atoms with Crippen LogP contribution in [0.3, 0.4) is 0 Å². The number of hydrogen-bond donors (Lipinski definition) is 1. The quantitative estimate of drug-likeness (QED) is 0.569. The average molecular weight is 478 g/mol. The highest BCUT2D eigenvalue weighted by molar-refractivity contribution is 7.92. The van der Waals surface area contributed by atoms with Crippen LogP contribution in [-0.4, -0.2) is 50.3 Å². The van der Waals surface area contributed by atoms with Crippen LogP contribution in [0.5, 0.6) is 0 Å². The number of carbonyl (C=O) groups excluding carboxylic acids is 1. The summed E-state index contributed by atoms with van der Waals surface area (Å²) in [6.45, 7) is 7.58. The van der Waals surface area contributed by atoms with Crippen molar-refractivity contribution in [1.29, 1.82) is 0 Å². The molecule has 3 aromatic carbocycles. The van der Waals surface area contributed by atoms with Gasteiger partial charge in [-0.15, -0.1) is 0 Å². The molecule has 7 heteroatoms. The average Bonchev–Trinajstić information content (AvgIpc) is 3.06. The highest BCUT2D eigenvalue weighted by Crippen LogP contribution is 2.22. The molecule has 0 unspecified atom stereocenters. The van der Waals surface area contributed by atoms with Crippen molar-refractivity contribution >= 4 is 21.6 Å². The molecule has 4 rings (SSSR count). The smallest absolute Gasteiger partial charge is 0.262 e. The molecular formula is C27H31N3O3S. The summed E-state index contributed by atoms with van der Waals surface area (Å²) < 4.78 is 28.6. The van der Waals surface area contributed by atoms with Crippen molar-refractivity contribution in [3.8, 4) is 0 Å². The SMILES string of the molecule is Cc1ccc(C)c(S(=O)(=O)Nc2cccc(C(=O)N3CCCN(Cc4ccccc4)CC3)c2)c1. The van der Waals surface area contributed by atoms with Crippen LogP contribution in [0.1, 0.15) is 33.5 Å². The summed E-state index contributed by atoms with van der Waals surface area (Å²) in [7, 11) is -3.76. The zero-order chi connectivity index (χ0) is 24.1. The molecule has 0 spiro atoms. The summed E-state index contributed by atoms with van der Waals surface area (Å²) >= 11 is 0.